The maximum absolute atomic E-state index is 12.8. The van der Waals surface area contributed by atoms with Crippen LogP contribution in [0, 0.1) is 0 Å². The third-order valence-electron chi connectivity index (χ3n) is 5.11. The van der Waals surface area contributed by atoms with Gasteiger partial charge in [-0.1, -0.05) is 12.1 Å². The first-order valence-electron chi connectivity index (χ1n) is 9.35. The molecule has 0 aliphatic carbocycles. The largest absolute Gasteiger partial charge is 0.508 e. The third kappa shape index (κ3) is 3.82. The minimum absolute atomic E-state index is 0.0359. The fraction of sp³-hybridized carbons (Fsp3) is 0.286. The van der Waals surface area contributed by atoms with Crippen LogP contribution < -0.4 is 10.2 Å². The Bertz CT molecular complexity index is 1140. The molecule has 0 bridgehead atoms. The van der Waals surface area contributed by atoms with E-state index in [1.807, 2.05) is 0 Å². The van der Waals surface area contributed by atoms with Gasteiger partial charge in [0.05, 0.1) is 12.2 Å². The molecule has 2 aromatic carbocycles. The smallest absolute Gasteiger partial charge is 0.229 e. The monoisotopic (exact) mass is 432 g/mol. The van der Waals surface area contributed by atoms with Crippen LogP contribution in [0.15, 0.2) is 51.9 Å². The number of aliphatic hydroxyl groups excluding tert-OH is 4. The Kier molecular flexibility index (Phi) is 5.56. The molecule has 5 atom stereocenters. The highest BCUT2D eigenvalue weighted by Crippen LogP contribution is 2.30. The van der Waals surface area contributed by atoms with Gasteiger partial charge in [0, 0.05) is 12.1 Å². The predicted molar refractivity (Wildman–Crippen MR) is 106 cm³/mol. The molecule has 31 heavy (non-hydrogen) atoms. The normalized spacial score (nSPS) is 26.1. The van der Waals surface area contributed by atoms with Crippen LogP contribution in [0.2, 0.25) is 0 Å². The highest BCUT2D eigenvalue weighted by Gasteiger charge is 2.44. The van der Waals surface area contributed by atoms with Crippen molar-refractivity contribution in [2.45, 2.75) is 30.7 Å². The van der Waals surface area contributed by atoms with E-state index in [9.17, 15) is 35.4 Å². The molecule has 0 radical (unpaired) electrons. The summed E-state index contributed by atoms with van der Waals surface area (Å²) in [6, 6.07) is 8.30. The Labute approximate surface area is 174 Å². The van der Waals surface area contributed by atoms with Crippen LogP contribution in [0.5, 0.6) is 17.2 Å². The van der Waals surface area contributed by atoms with Gasteiger partial charge in [0.25, 0.3) is 0 Å². The summed E-state index contributed by atoms with van der Waals surface area (Å²) in [6.07, 6.45) is -5.84. The molecule has 1 fully saturated rings. The molecule has 10 heteroatoms. The van der Waals surface area contributed by atoms with Crippen LogP contribution in [0.25, 0.3) is 22.1 Å². The average molecular weight is 432 g/mol. The molecule has 10 nitrogen and oxygen atoms in total. The van der Waals surface area contributed by atoms with E-state index in [1.54, 1.807) is 0 Å². The Morgan fingerprint density at radius 2 is 1.68 bits per heavy atom. The third-order valence-corrected chi connectivity index (χ3v) is 5.11. The molecular formula is C21H20O10. The molecule has 3 aromatic rings. The van der Waals surface area contributed by atoms with Gasteiger partial charge in [0.15, 0.2) is 0 Å². The van der Waals surface area contributed by atoms with Crippen LogP contribution >= 0.6 is 0 Å². The Hall–Kier alpha value is -3.15. The van der Waals surface area contributed by atoms with Gasteiger partial charge in [0.2, 0.25) is 11.7 Å². The molecule has 1 aromatic heterocycles. The van der Waals surface area contributed by atoms with E-state index in [2.05, 4.69) is 0 Å². The van der Waals surface area contributed by atoms with Crippen molar-refractivity contribution in [1.29, 1.82) is 0 Å². The number of aliphatic hydroxyl groups is 4. The minimum Gasteiger partial charge on any atom is -0.508 e. The second kappa shape index (κ2) is 8.17. The lowest BCUT2D eigenvalue weighted by molar-refractivity contribution is -0.277. The summed E-state index contributed by atoms with van der Waals surface area (Å²) in [7, 11) is 0. The molecule has 1 aliphatic heterocycles. The van der Waals surface area contributed by atoms with Crippen molar-refractivity contribution >= 4 is 11.0 Å². The maximum atomic E-state index is 12.8. The van der Waals surface area contributed by atoms with Gasteiger partial charge >= 0.3 is 0 Å². The van der Waals surface area contributed by atoms with Crippen LogP contribution in [0.1, 0.15) is 0 Å². The van der Waals surface area contributed by atoms with Crippen LogP contribution in [0.3, 0.4) is 0 Å². The number of fused-ring (bicyclic) bond motifs is 1. The second-order valence-corrected chi connectivity index (χ2v) is 7.16. The average Bonchev–Trinajstić information content (AvgIpc) is 2.74. The molecule has 0 unspecified atom stereocenters. The summed E-state index contributed by atoms with van der Waals surface area (Å²) in [6.45, 7) is -0.577. The van der Waals surface area contributed by atoms with Gasteiger partial charge in [-0.2, -0.15) is 0 Å². The molecule has 0 amide bonds. The summed E-state index contributed by atoms with van der Waals surface area (Å²) in [4.78, 5) is 12.8. The maximum Gasteiger partial charge on any atom is 0.229 e. The number of phenolic OH excluding ortho intramolecular Hbond substituents is 2. The van der Waals surface area contributed by atoms with E-state index in [-0.39, 0.29) is 28.0 Å². The lowest BCUT2D eigenvalue weighted by atomic mass is 9.99. The molecule has 0 saturated carbocycles. The van der Waals surface area contributed by atoms with E-state index in [0.717, 1.165) is 6.07 Å². The highest BCUT2D eigenvalue weighted by molar-refractivity contribution is 5.88. The minimum atomic E-state index is -1.57. The number of ether oxygens (including phenoxy) is 2. The molecule has 6 N–H and O–H groups in total. The summed E-state index contributed by atoms with van der Waals surface area (Å²) in [5.74, 6) is -0.421. The van der Waals surface area contributed by atoms with Gasteiger partial charge < -0.3 is 44.5 Å². The Morgan fingerprint density at radius 3 is 2.35 bits per heavy atom. The summed E-state index contributed by atoms with van der Waals surface area (Å²) < 4.78 is 16.2. The van der Waals surface area contributed by atoms with E-state index in [1.165, 1.54) is 36.6 Å². The fourth-order valence-electron chi connectivity index (χ4n) is 3.43. The lowest BCUT2D eigenvalue weighted by Crippen LogP contribution is -2.60. The molecule has 0 spiro atoms. The van der Waals surface area contributed by atoms with Crippen LogP contribution in [-0.2, 0) is 4.74 Å². The van der Waals surface area contributed by atoms with Gasteiger partial charge in [0.1, 0.15) is 58.9 Å². The van der Waals surface area contributed by atoms with Crippen LogP contribution in [0.4, 0.5) is 0 Å². The number of hydrogen-bond donors (Lipinski definition) is 6. The van der Waals surface area contributed by atoms with Crippen molar-refractivity contribution in [1.82, 2.24) is 0 Å². The summed E-state index contributed by atoms with van der Waals surface area (Å²) in [5.41, 5.74) is 0.146. The number of rotatable bonds is 4. The summed E-state index contributed by atoms with van der Waals surface area (Å²) >= 11 is 0. The first kappa shape index (κ1) is 21.1. The van der Waals surface area contributed by atoms with E-state index >= 15 is 0 Å². The van der Waals surface area contributed by atoms with E-state index < -0.39 is 48.5 Å². The van der Waals surface area contributed by atoms with Crippen molar-refractivity contribution in [2.24, 2.45) is 0 Å². The van der Waals surface area contributed by atoms with Crippen molar-refractivity contribution < 1.29 is 44.5 Å². The van der Waals surface area contributed by atoms with E-state index in [4.69, 9.17) is 13.9 Å². The number of benzene rings is 2. The molecular weight excluding hydrogens is 412 g/mol. The van der Waals surface area contributed by atoms with Crippen molar-refractivity contribution in [3.8, 4) is 28.4 Å². The second-order valence-electron chi connectivity index (χ2n) is 7.16. The van der Waals surface area contributed by atoms with Gasteiger partial charge in [-0.05, 0) is 17.7 Å². The summed E-state index contributed by atoms with van der Waals surface area (Å²) in [5, 5.41) is 58.4. The number of hydrogen-bond acceptors (Lipinski definition) is 10. The SMILES string of the molecule is O=c1c(-c2ccc(O[C@@H]3O[C@H](CO)[C@@H](O)[C@H](O)[C@H]3O)cc2)coc2cc(O)cc(O)c12. The molecule has 164 valence electrons. The Morgan fingerprint density at radius 1 is 0.968 bits per heavy atom. The van der Waals surface area contributed by atoms with Crippen molar-refractivity contribution in [3.05, 3.63) is 52.9 Å². The fourth-order valence-corrected chi connectivity index (χ4v) is 3.43. The standard InChI is InChI=1S/C21H20O10/c22-7-15-18(26)19(27)20(28)21(31-15)30-11-3-1-9(2-4-11)12-8-29-14-6-10(23)5-13(24)16(14)17(12)25/h1-6,8,15,18-24,26-28H,7H2/t15-,18-,19+,20-,21-/m1/s1. The van der Waals surface area contributed by atoms with E-state index in [0.29, 0.717) is 5.56 Å². The Balaban J connectivity index is 1.59. The van der Waals surface area contributed by atoms with Gasteiger partial charge in [-0.3, -0.25) is 4.79 Å². The van der Waals surface area contributed by atoms with Crippen molar-refractivity contribution in [3.63, 3.8) is 0 Å². The first-order valence-corrected chi connectivity index (χ1v) is 9.35. The zero-order chi connectivity index (χ0) is 22.3. The molecule has 4 rings (SSSR count). The van der Waals surface area contributed by atoms with Crippen LogP contribution in [-0.4, -0.2) is 68.0 Å². The first-order chi connectivity index (χ1) is 14.8. The van der Waals surface area contributed by atoms with Gasteiger partial charge in [-0.15, -0.1) is 0 Å². The lowest BCUT2D eigenvalue weighted by Gasteiger charge is -2.39. The predicted octanol–water partition coefficient (Wildman–Crippen LogP) is 0.0499. The zero-order valence-electron chi connectivity index (χ0n) is 16.0. The molecule has 1 aliphatic rings. The molecule has 1 saturated heterocycles. The quantitative estimate of drug-likeness (QED) is 0.331. The van der Waals surface area contributed by atoms with Crippen molar-refractivity contribution in [2.75, 3.05) is 6.61 Å². The highest BCUT2D eigenvalue weighted by atomic mass is 16.7. The van der Waals surface area contributed by atoms with Gasteiger partial charge in [-0.25, -0.2) is 0 Å². The number of phenols is 2. The zero-order valence-corrected chi connectivity index (χ0v) is 16.0. The molecule has 2 heterocycles. The number of aromatic hydroxyl groups is 2. The topological polar surface area (TPSA) is 170 Å².